The summed E-state index contributed by atoms with van der Waals surface area (Å²) in [5.41, 5.74) is 0. The fourth-order valence-electron chi connectivity index (χ4n) is 1.64. The van der Waals surface area contributed by atoms with Gasteiger partial charge in [-0.3, -0.25) is 14.5 Å². The maximum atomic E-state index is 11.6. The zero-order valence-corrected chi connectivity index (χ0v) is 9.96. The highest BCUT2D eigenvalue weighted by Crippen LogP contribution is 2.13. The second kappa shape index (κ2) is 5.09. The maximum absolute atomic E-state index is 11.6. The van der Waals surface area contributed by atoms with Crippen LogP contribution in [0.3, 0.4) is 0 Å². The van der Waals surface area contributed by atoms with Crippen molar-refractivity contribution in [2.45, 2.75) is 12.8 Å². The Morgan fingerprint density at radius 1 is 1.47 bits per heavy atom. The summed E-state index contributed by atoms with van der Waals surface area (Å²) in [6.07, 6.45) is 0.869. The molecule has 90 valence electrons. The van der Waals surface area contributed by atoms with E-state index in [2.05, 4.69) is 5.32 Å². The normalized spacial score (nSPS) is 15.2. The molecule has 17 heavy (non-hydrogen) atoms. The van der Waals surface area contributed by atoms with Gasteiger partial charge in [-0.25, -0.2) is 4.79 Å². The number of ketones is 1. The number of nitrogens with one attached hydrogen (secondary N) is 1. The second-order valence-corrected chi connectivity index (χ2v) is 4.66. The summed E-state index contributed by atoms with van der Waals surface area (Å²) in [5, 5.41) is 4.29. The van der Waals surface area contributed by atoms with Gasteiger partial charge < -0.3 is 5.32 Å². The van der Waals surface area contributed by atoms with E-state index in [0.717, 1.165) is 9.78 Å². The number of amides is 3. The summed E-state index contributed by atoms with van der Waals surface area (Å²) in [4.78, 5) is 36.0. The number of nitrogens with zero attached hydrogens (tertiary/aromatic N) is 1. The first-order valence-corrected chi connectivity index (χ1v) is 6.21. The third kappa shape index (κ3) is 2.71. The molecule has 1 aliphatic heterocycles. The standard InChI is InChI=1S/C11H12N2O3S/c14-8(9-4-2-6-17-9)3-1-5-13-10(15)7-12-11(13)16/h2,4,6H,1,3,5,7H2,(H,12,16). The summed E-state index contributed by atoms with van der Waals surface area (Å²) in [6.45, 7) is 0.374. The molecule has 1 aromatic heterocycles. The molecule has 2 rings (SSSR count). The van der Waals surface area contributed by atoms with E-state index in [4.69, 9.17) is 0 Å². The first-order chi connectivity index (χ1) is 8.18. The molecule has 0 spiro atoms. The van der Waals surface area contributed by atoms with E-state index in [0.29, 0.717) is 19.4 Å². The molecule has 1 aromatic rings. The SMILES string of the molecule is O=C(CCCN1C(=O)CNC1=O)c1cccs1. The third-order valence-corrected chi connectivity index (χ3v) is 3.43. The lowest BCUT2D eigenvalue weighted by atomic mass is 10.2. The first-order valence-electron chi connectivity index (χ1n) is 5.33. The molecule has 2 heterocycles. The summed E-state index contributed by atoms with van der Waals surface area (Å²) in [7, 11) is 0. The van der Waals surface area contributed by atoms with Crippen molar-refractivity contribution in [1.82, 2.24) is 10.2 Å². The number of carbonyl (C=O) groups excluding carboxylic acids is 3. The highest BCUT2D eigenvalue weighted by Gasteiger charge is 2.27. The maximum Gasteiger partial charge on any atom is 0.324 e. The van der Waals surface area contributed by atoms with Gasteiger partial charge in [-0.05, 0) is 17.9 Å². The van der Waals surface area contributed by atoms with Gasteiger partial charge in [0.25, 0.3) is 0 Å². The lowest BCUT2D eigenvalue weighted by Gasteiger charge is -2.10. The fourth-order valence-corrected chi connectivity index (χ4v) is 2.33. The van der Waals surface area contributed by atoms with E-state index in [9.17, 15) is 14.4 Å². The van der Waals surface area contributed by atoms with Crippen LogP contribution >= 0.6 is 11.3 Å². The lowest BCUT2D eigenvalue weighted by molar-refractivity contribution is -0.125. The molecule has 1 saturated heterocycles. The molecule has 5 nitrogen and oxygen atoms in total. The van der Waals surface area contributed by atoms with Crippen LogP contribution in [0, 0.1) is 0 Å². The number of hydrogen-bond acceptors (Lipinski definition) is 4. The number of carbonyl (C=O) groups is 3. The number of urea groups is 1. The molecule has 1 aliphatic rings. The zero-order chi connectivity index (χ0) is 12.3. The average molecular weight is 252 g/mol. The molecule has 3 amide bonds. The number of imide groups is 1. The van der Waals surface area contributed by atoms with Crippen molar-refractivity contribution >= 4 is 29.1 Å². The second-order valence-electron chi connectivity index (χ2n) is 3.71. The Hall–Kier alpha value is -1.69. The Balaban J connectivity index is 1.78. The highest BCUT2D eigenvalue weighted by atomic mass is 32.1. The van der Waals surface area contributed by atoms with Gasteiger partial charge in [-0.15, -0.1) is 11.3 Å². The molecular formula is C11H12N2O3S. The van der Waals surface area contributed by atoms with Crippen molar-refractivity contribution < 1.29 is 14.4 Å². The third-order valence-electron chi connectivity index (χ3n) is 2.52. The van der Waals surface area contributed by atoms with E-state index in [1.54, 1.807) is 6.07 Å². The minimum absolute atomic E-state index is 0.0621. The van der Waals surface area contributed by atoms with Gasteiger partial charge in [0.15, 0.2) is 5.78 Å². The minimum Gasteiger partial charge on any atom is -0.329 e. The predicted molar refractivity (Wildman–Crippen MR) is 63.0 cm³/mol. The van der Waals surface area contributed by atoms with Gasteiger partial charge in [0, 0.05) is 13.0 Å². The van der Waals surface area contributed by atoms with Gasteiger partial charge in [0.2, 0.25) is 5.91 Å². The van der Waals surface area contributed by atoms with Gasteiger partial charge in [0.1, 0.15) is 0 Å². The summed E-state index contributed by atoms with van der Waals surface area (Å²) in [5.74, 6) is -0.161. The quantitative estimate of drug-likeness (QED) is 0.633. The zero-order valence-electron chi connectivity index (χ0n) is 9.14. The van der Waals surface area contributed by atoms with E-state index in [-0.39, 0.29) is 24.3 Å². The summed E-state index contributed by atoms with van der Waals surface area (Å²) in [6, 6.07) is 3.24. The van der Waals surface area contributed by atoms with Crippen LogP contribution in [-0.4, -0.2) is 35.7 Å². The molecule has 0 aromatic carbocycles. The van der Waals surface area contributed by atoms with Crippen LogP contribution in [0.25, 0.3) is 0 Å². The van der Waals surface area contributed by atoms with E-state index >= 15 is 0 Å². The Morgan fingerprint density at radius 3 is 2.88 bits per heavy atom. The Morgan fingerprint density at radius 2 is 2.29 bits per heavy atom. The monoisotopic (exact) mass is 252 g/mol. The van der Waals surface area contributed by atoms with Crippen molar-refractivity contribution in [3.63, 3.8) is 0 Å². The van der Waals surface area contributed by atoms with Crippen molar-refractivity contribution in [1.29, 1.82) is 0 Å². The molecule has 0 saturated carbocycles. The number of Topliss-reactive ketones (excluding diaryl/α,β-unsaturated/α-hetero) is 1. The van der Waals surface area contributed by atoms with Crippen LogP contribution in [0.1, 0.15) is 22.5 Å². The number of hydrogen-bond donors (Lipinski definition) is 1. The van der Waals surface area contributed by atoms with E-state index in [1.165, 1.54) is 11.3 Å². The summed E-state index contributed by atoms with van der Waals surface area (Å²) >= 11 is 1.41. The van der Waals surface area contributed by atoms with Crippen molar-refractivity contribution in [3.8, 4) is 0 Å². The van der Waals surface area contributed by atoms with Crippen LogP contribution < -0.4 is 5.32 Å². The molecule has 0 atom stereocenters. The Bertz CT molecular complexity index is 426. The minimum atomic E-state index is -0.362. The van der Waals surface area contributed by atoms with E-state index in [1.807, 2.05) is 11.4 Å². The molecule has 0 radical (unpaired) electrons. The highest BCUT2D eigenvalue weighted by molar-refractivity contribution is 7.12. The smallest absolute Gasteiger partial charge is 0.324 e. The molecule has 1 fully saturated rings. The largest absolute Gasteiger partial charge is 0.329 e. The van der Waals surface area contributed by atoms with Crippen LogP contribution in [0.2, 0.25) is 0 Å². The molecule has 1 N–H and O–H groups in total. The predicted octanol–water partition coefficient (Wildman–Crippen LogP) is 1.26. The molecule has 6 heteroatoms. The molecule has 0 unspecified atom stereocenters. The van der Waals surface area contributed by atoms with Crippen LogP contribution in [0.4, 0.5) is 4.79 Å². The number of rotatable bonds is 5. The lowest BCUT2D eigenvalue weighted by Crippen LogP contribution is -2.32. The van der Waals surface area contributed by atoms with Crippen molar-refractivity contribution in [2.24, 2.45) is 0 Å². The van der Waals surface area contributed by atoms with Crippen molar-refractivity contribution in [3.05, 3.63) is 22.4 Å². The summed E-state index contributed by atoms with van der Waals surface area (Å²) < 4.78 is 0. The topological polar surface area (TPSA) is 66.5 Å². The average Bonchev–Trinajstić information content (AvgIpc) is 2.93. The van der Waals surface area contributed by atoms with Gasteiger partial charge in [0.05, 0.1) is 11.4 Å². The van der Waals surface area contributed by atoms with Gasteiger partial charge in [-0.2, -0.15) is 0 Å². The Labute approximate surface area is 102 Å². The van der Waals surface area contributed by atoms with Crippen LogP contribution in [0.5, 0.6) is 0 Å². The van der Waals surface area contributed by atoms with Crippen LogP contribution in [0.15, 0.2) is 17.5 Å². The molecule has 0 aliphatic carbocycles. The van der Waals surface area contributed by atoms with E-state index < -0.39 is 0 Å². The van der Waals surface area contributed by atoms with Crippen molar-refractivity contribution in [2.75, 3.05) is 13.1 Å². The number of thiophene rings is 1. The van der Waals surface area contributed by atoms with Gasteiger partial charge in [-0.1, -0.05) is 6.07 Å². The fraction of sp³-hybridized carbons (Fsp3) is 0.364. The first kappa shape index (κ1) is 11.8. The van der Waals surface area contributed by atoms with Gasteiger partial charge >= 0.3 is 6.03 Å². The Kier molecular flexibility index (Phi) is 3.53. The molecule has 0 bridgehead atoms. The molecular weight excluding hydrogens is 240 g/mol. The van der Waals surface area contributed by atoms with Crippen LogP contribution in [-0.2, 0) is 4.79 Å².